The zero-order valence-electron chi connectivity index (χ0n) is 11.1. The lowest BCUT2D eigenvalue weighted by Crippen LogP contribution is -2.29. The molecule has 0 saturated heterocycles. The monoisotopic (exact) mass is 313 g/mol. The highest BCUT2D eigenvalue weighted by molar-refractivity contribution is 7.89. The Hall–Kier alpha value is -1.51. The molecule has 6 nitrogen and oxygen atoms in total. The van der Waals surface area contributed by atoms with Crippen molar-refractivity contribution in [3.05, 3.63) is 34.9 Å². The van der Waals surface area contributed by atoms with Crippen molar-refractivity contribution in [1.82, 2.24) is 14.3 Å². The van der Waals surface area contributed by atoms with Crippen LogP contribution in [0.15, 0.2) is 35.1 Å². The molecule has 0 aliphatic rings. The fourth-order valence-corrected chi connectivity index (χ4v) is 3.08. The average molecular weight is 313 g/mol. The van der Waals surface area contributed by atoms with E-state index in [0.29, 0.717) is 4.88 Å². The van der Waals surface area contributed by atoms with Gasteiger partial charge in [-0.25, -0.2) is 18.1 Å². The van der Waals surface area contributed by atoms with Gasteiger partial charge in [-0.1, -0.05) is 6.07 Å². The lowest BCUT2D eigenvalue weighted by atomic mass is 10.3. The van der Waals surface area contributed by atoms with E-state index in [4.69, 9.17) is 0 Å². The molecule has 1 N–H and O–H groups in total. The number of sulfonamides is 1. The average Bonchev–Trinajstić information content (AvgIpc) is 3.06. The molecule has 0 bridgehead atoms. The Morgan fingerprint density at radius 2 is 2.25 bits per heavy atom. The van der Waals surface area contributed by atoms with Crippen molar-refractivity contribution in [1.29, 1.82) is 0 Å². The smallest absolute Gasteiger partial charge is 0.259 e. The molecule has 2 aromatic rings. The number of Topliss-reactive ketones (excluding diaryl/α,β-unsaturated/α-hetero) is 1. The summed E-state index contributed by atoms with van der Waals surface area (Å²) in [5.41, 5.74) is 0. The summed E-state index contributed by atoms with van der Waals surface area (Å²) in [5, 5.41) is 1.69. The molecule has 0 atom stereocenters. The largest absolute Gasteiger partial charge is 0.334 e. The van der Waals surface area contributed by atoms with Gasteiger partial charge in [0.1, 0.15) is 0 Å². The van der Waals surface area contributed by atoms with Crippen molar-refractivity contribution in [2.75, 3.05) is 6.54 Å². The van der Waals surface area contributed by atoms with Crippen molar-refractivity contribution in [2.24, 2.45) is 0 Å². The van der Waals surface area contributed by atoms with E-state index < -0.39 is 10.0 Å². The van der Waals surface area contributed by atoms with Gasteiger partial charge in [-0.15, -0.1) is 11.3 Å². The van der Waals surface area contributed by atoms with Crippen molar-refractivity contribution >= 4 is 27.1 Å². The molecule has 0 saturated carbocycles. The molecule has 2 heterocycles. The van der Waals surface area contributed by atoms with Gasteiger partial charge in [0, 0.05) is 12.2 Å². The third-order valence-electron chi connectivity index (χ3n) is 2.67. The summed E-state index contributed by atoms with van der Waals surface area (Å²) >= 11 is 1.28. The van der Waals surface area contributed by atoms with Crippen molar-refractivity contribution in [3.8, 4) is 0 Å². The summed E-state index contributed by atoms with van der Waals surface area (Å²) < 4.78 is 28.0. The maximum Gasteiger partial charge on any atom is 0.259 e. The first-order chi connectivity index (χ1) is 9.40. The van der Waals surface area contributed by atoms with Gasteiger partial charge in [-0.05, 0) is 25.3 Å². The molecule has 0 fully saturated rings. The summed E-state index contributed by atoms with van der Waals surface area (Å²) in [6.07, 6.45) is 2.91. The molecule has 0 radical (unpaired) electrons. The Morgan fingerprint density at radius 1 is 1.50 bits per heavy atom. The molecular formula is C12H15N3O3S2. The maximum absolute atomic E-state index is 12.0. The number of imidazole rings is 1. The van der Waals surface area contributed by atoms with Crippen LogP contribution in [-0.2, 0) is 10.0 Å². The standard InChI is InChI=1S/C12H15N3O3S2/c1-9(2)15-7-12(13-8-15)20(17,18)14-6-10(16)11-4-3-5-19-11/h3-5,7-9,14H,6H2,1-2H3. The molecule has 0 aromatic carbocycles. The van der Waals surface area contributed by atoms with Gasteiger partial charge >= 0.3 is 0 Å². The van der Waals surface area contributed by atoms with E-state index >= 15 is 0 Å². The lowest BCUT2D eigenvalue weighted by Gasteiger charge is -2.04. The fourth-order valence-electron chi connectivity index (χ4n) is 1.50. The van der Waals surface area contributed by atoms with Crippen molar-refractivity contribution in [2.45, 2.75) is 24.9 Å². The number of rotatable bonds is 6. The summed E-state index contributed by atoms with van der Waals surface area (Å²) in [5.74, 6) is -0.258. The highest BCUT2D eigenvalue weighted by Crippen LogP contribution is 2.11. The second-order valence-electron chi connectivity index (χ2n) is 4.48. The molecule has 2 rings (SSSR count). The molecule has 20 heavy (non-hydrogen) atoms. The predicted octanol–water partition coefficient (Wildman–Crippen LogP) is 1.69. The van der Waals surface area contributed by atoms with E-state index in [9.17, 15) is 13.2 Å². The van der Waals surface area contributed by atoms with E-state index in [1.165, 1.54) is 23.9 Å². The Bertz CT molecular complexity index is 687. The van der Waals surface area contributed by atoms with Crippen LogP contribution in [0.25, 0.3) is 0 Å². The van der Waals surface area contributed by atoms with E-state index in [1.54, 1.807) is 22.1 Å². The van der Waals surface area contributed by atoms with Gasteiger partial charge in [-0.3, -0.25) is 4.79 Å². The second kappa shape index (κ2) is 5.86. The maximum atomic E-state index is 12.0. The Balaban J connectivity index is 2.05. The highest BCUT2D eigenvalue weighted by atomic mass is 32.2. The number of carbonyl (C=O) groups excluding carboxylic acids is 1. The molecule has 8 heteroatoms. The number of carbonyl (C=O) groups is 1. The van der Waals surface area contributed by atoms with Crippen LogP contribution < -0.4 is 4.72 Å². The molecule has 0 unspecified atom stereocenters. The SMILES string of the molecule is CC(C)n1cnc(S(=O)(=O)NCC(=O)c2cccs2)c1. The number of nitrogens with one attached hydrogen (secondary N) is 1. The van der Waals surface area contributed by atoms with E-state index in [0.717, 1.165) is 0 Å². The van der Waals surface area contributed by atoms with Crippen LogP contribution in [0.3, 0.4) is 0 Å². The van der Waals surface area contributed by atoms with E-state index in [-0.39, 0.29) is 23.4 Å². The number of hydrogen-bond acceptors (Lipinski definition) is 5. The molecule has 0 aliphatic carbocycles. The van der Waals surface area contributed by atoms with Gasteiger partial charge in [0.15, 0.2) is 10.8 Å². The van der Waals surface area contributed by atoms with E-state index in [1.807, 2.05) is 13.8 Å². The first-order valence-electron chi connectivity index (χ1n) is 6.00. The molecule has 0 amide bonds. The molecule has 108 valence electrons. The zero-order valence-corrected chi connectivity index (χ0v) is 12.7. The summed E-state index contributed by atoms with van der Waals surface area (Å²) in [7, 11) is -3.76. The van der Waals surface area contributed by atoms with Crippen LogP contribution in [-0.4, -0.2) is 30.3 Å². The highest BCUT2D eigenvalue weighted by Gasteiger charge is 2.19. The number of hydrogen-bond donors (Lipinski definition) is 1. The minimum absolute atomic E-state index is 0.0785. The van der Waals surface area contributed by atoms with E-state index in [2.05, 4.69) is 9.71 Å². The molecule has 0 aliphatic heterocycles. The minimum Gasteiger partial charge on any atom is -0.334 e. The number of ketones is 1. The van der Waals surface area contributed by atoms with Crippen molar-refractivity contribution < 1.29 is 13.2 Å². The number of aromatic nitrogens is 2. The molecule has 2 aromatic heterocycles. The van der Waals surface area contributed by atoms with Gasteiger partial charge < -0.3 is 4.57 Å². The van der Waals surface area contributed by atoms with Crippen LogP contribution >= 0.6 is 11.3 Å². The van der Waals surface area contributed by atoms with Crippen LogP contribution in [0.4, 0.5) is 0 Å². The Kier molecular flexibility index (Phi) is 4.36. The summed E-state index contributed by atoms with van der Waals surface area (Å²) in [4.78, 5) is 16.1. The first kappa shape index (κ1) is 14.9. The fraction of sp³-hybridized carbons (Fsp3) is 0.333. The molecule has 0 spiro atoms. The normalized spacial score (nSPS) is 11.9. The molecular weight excluding hydrogens is 298 g/mol. The summed E-state index contributed by atoms with van der Waals surface area (Å²) in [6, 6.07) is 3.53. The van der Waals surface area contributed by atoms with Crippen LogP contribution in [0.2, 0.25) is 0 Å². The van der Waals surface area contributed by atoms with Crippen LogP contribution in [0.1, 0.15) is 29.6 Å². The third-order valence-corrected chi connectivity index (χ3v) is 4.86. The van der Waals surface area contributed by atoms with Crippen LogP contribution in [0.5, 0.6) is 0 Å². The summed E-state index contributed by atoms with van der Waals surface area (Å²) in [6.45, 7) is 3.58. The first-order valence-corrected chi connectivity index (χ1v) is 8.36. The van der Waals surface area contributed by atoms with Crippen LogP contribution in [0, 0.1) is 0 Å². The second-order valence-corrected chi connectivity index (χ2v) is 7.14. The number of thiophene rings is 1. The lowest BCUT2D eigenvalue weighted by molar-refractivity contribution is 0.100. The quantitative estimate of drug-likeness (QED) is 0.823. The topological polar surface area (TPSA) is 81.1 Å². The van der Waals surface area contributed by atoms with Gasteiger partial charge in [0.25, 0.3) is 10.0 Å². The minimum atomic E-state index is -3.76. The van der Waals surface area contributed by atoms with Gasteiger partial charge in [-0.2, -0.15) is 0 Å². The van der Waals surface area contributed by atoms with Gasteiger partial charge in [0.2, 0.25) is 0 Å². The van der Waals surface area contributed by atoms with Gasteiger partial charge in [0.05, 0.1) is 17.7 Å². The third kappa shape index (κ3) is 3.33. The zero-order chi connectivity index (χ0) is 14.8. The van der Waals surface area contributed by atoms with Crippen molar-refractivity contribution in [3.63, 3.8) is 0 Å². The Morgan fingerprint density at radius 3 is 2.80 bits per heavy atom. The number of nitrogens with zero attached hydrogens (tertiary/aromatic N) is 2. The predicted molar refractivity (Wildman–Crippen MR) is 76.5 cm³/mol. The Labute approximate surface area is 121 Å².